The molecular weight excluding hydrogens is 349 g/mol. The van der Waals surface area contributed by atoms with Gasteiger partial charge in [-0.15, -0.1) is 0 Å². The van der Waals surface area contributed by atoms with Crippen molar-refractivity contribution in [2.24, 2.45) is 0 Å². The van der Waals surface area contributed by atoms with Gasteiger partial charge in [0, 0.05) is 37.1 Å². The van der Waals surface area contributed by atoms with Gasteiger partial charge in [0.25, 0.3) is 0 Å². The molecule has 1 heterocycles. The Morgan fingerprint density at radius 2 is 1.81 bits per heavy atom. The SMILES string of the molecule is O=C(Nc1ccccc1)Nc1ccc(F)c(OCCCN2CCOCC2)c1. The lowest BCUT2D eigenvalue weighted by Crippen LogP contribution is -2.37. The first-order chi connectivity index (χ1) is 13.2. The van der Waals surface area contributed by atoms with Crippen LogP contribution in [-0.4, -0.2) is 50.4 Å². The number of carbonyl (C=O) groups is 1. The van der Waals surface area contributed by atoms with Gasteiger partial charge in [-0.1, -0.05) is 18.2 Å². The fraction of sp³-hybridized carbons (Fsp3) is 0.350. The summed E-state index contributed by atoms with van der Waals surface area (Å²) in [5.74, 6) is -0.315. The highest BCUT2D eigenvalue weighted by atomic mass is 19.1. The maximum absolute atomic E-state index is 14.0. The molecule has 6 nitrogen and oxygen atoms in total. The van der Waals surface area contributed by atoms with Crippen molar-refractivity contribution in [3.63, 3.8) is 0 Å². The molecule has 1 aliphatic heterocycles. The van der Waals surface area contributed by atoms with Gasteiger partial charge in [0.05, 0.1) is 19.8 Å². The zero-order valence-corrected chi connectivity index (χ0v) is 15.1. The van der Waals surface area contributed by atoms with E-state index in [2.05, 4.69) is 15.5 Å². The first kappa shape index (κ1) is 19.1. The van der Waals surface area contributed by atoms with Crippen LogP contribution in [0.5, 0.6) is 5.75 Å². The molecule has 0 radical (unpaired) electrons. The molecule has 0 atom stereocenters. The highest BCUT2D eigenvalue weighted by Gasteiger charge is 2.11. The molecule has 1 fully saturated rings. The number of hydrogen-bond acceptors (Lipinski definition) is 4. The van der Waals surface area contributed by atoms with Crippen LogP contribution in [0, 0.1) is 5.82 Å². The van der Waals surface area contributed by atoms with Crippen LogP contribution < -0.4 is 15.4 Å². The number of para-hydroxylation sites is 1. The molecule has 2 amide bonds. The topological polar surface area (TPSA) is 62.8 Å². The van der Waals surface area contributed by atoms with E-state index in [0.29, 0.717) is 18.0 Å². The summed E-state index contributed by atoms with van der Waals surface area (Å²) in [6.07, 6.45) is 0.797. The third kappa shape index (κ3) is 6.23. The molecule has 27 heavy (non-hydrogen) atoms. The van der Waals surface area contributed by atoms with Gasteiger partial charge in [-0.3, -0.25) is 4.90 Å². The molecular formula is C20H24FN3O3. The second kappa shape index (κ2) is 9.89. The summed E-state index contributed by atoms with van der Waals surface area (Å²) < 4.78 is 24.8. The van der Waals surface area contributed by atoms with E-state index in [1.165, 1.54) is 18.2 Å². The summed E-state index contributed by atoms with van der Waals surface area (Å²) in [7, 11) is 0. The van der Waals surface area contributed by atoms with Gasteiger partial charge in [0.15, 0.2) is 11.6 Å². The molecule has 2 aromatic rings. The van der Waals surface area contributed by atoms with Gasteiger partial charge in [-0.05, 0) is 30.7 Å². The van der Waals surface area contributed by atoms with E-state index in [9.17, 15) is 9.18 Å². The van der Waals surface area contributed by atoms with E-state index >= 15 is 0 Å². The van der Waals surface area contributed by atoms with Crippen LogP contribution in [-0.2, 0) is 4.74 Å². The number of anilines is 2. The average Bonchev–Trinajstić information content (AvgIpc) is 2.69. The third-order valence-electron chi connectivity index (χ3n) is 4.20. The molecule has 2 aromatic carbocycles. The molecule has 0 aliphatic carbocycles. The lowest BCUT2D eigenvalue weighted by molar-refractivity contribution is 0.0357. The highest BCUT2D eigenvalue weighted by Crippen LogP contribution is 2.22. The summed E-state index contributed by atoms with van der Waals surface area (Å²) in [6.45, 7) is 4.66. The second-order valence-electron chi connectivity index (χ2n) is 6.25. The fourth-order valence-electron chi connectivity index (χ4n) is 2.80. The standard InChI is InChI=1S/C20H24FN3O3/c21-18-8-7-17(23-20(25)22-16-5-2-1-3-6-16)15-19(18)27-12-4-9-24-10-13-26-14-11-24/h1-3,5-8,15H,4,9-14H2,(H2,22,23,25). The Hall–Kier alpha value is -2.64. The summed E-state index contributed by atoms with van der Waals surface area (Å²) >= 11 is 0. The van der Waals surface area contributed by atoms with Crippen molar-refractivity contribution in [3.05, 3.63) is 54.3 Å². The molecule has 0 bridgehead atoms. The number of hydrogen-bond donors (Lipinski definition) is 2. The molecule has 3 rings (SSSR count). The van der Waals surface area contributed by atoms with E-state index in [-0.39, 0.29) is 5.75 Å². The maximum atomic E-state index is 14.0. The average molecular weight is 373 g/mol. The van der Waals surface area contributed by atoms with Gasteiger partial charge in [-0.25, -0.2) is 9.18 Å². The number of benzene rings is 2. The zero-order chi connectivity index (χ0) is 18.9. The van der Waals surface area contributed by atoms with Crippen LogP contribution in [0.1, 0.15) is 6.42 Å². The number of halogens is 1. The van der Waals surface area contributed by atoms with Crippen LogP contribution in [0.3, 0.4) is 0 Å². The molecule has 1 aliphatic rings. The molecule has 0 unspecified atom stereocenters. The molecule has 1 saturated heterocycles. The third-order valence-corrected chi connectivity index (χ3v) is 4.20. The minimum absolute atomic E-state index is 0.134. The van der Waals surface area contributed by atoms with Gasteiger partial charge in [-0.2, -0.15) is 0 Å². The Morgan fingerprint density at radius 3 is 2.59 bits per heavy atom. The van der Waals surface area contributed by atoms with Gasteiger partial charge in [0.1, 0.15) is 0 Å². The molecule has 0 saturated carbocycles. The van der Waals surface area contributed by atoms with Crippen LogP contribution >= 0.6 is 0 Å². The normalized spacial score (nSPS) is 14.6. The van der Waals surface area contributed by atoms with Crippen molar-refractivity contribution in [2.75, 3.05) is 50.1 Å². The van der Waals surface area contributed by atoms with Gasteiger partial charge >= 0.3 is 6.03 Å². The zero-order valence-electron chi connectivity index (χ0n) is 15.1. The van der Waals surface area contributed by atoms with E-state index < -0.39 is 11.8 Å². The number of carbonyl (C=O) groups excluding carboxylic acids is 1. The number of ether oxygens (including phenoxy) is 2. The molecule has 0 aromatic heterocycles. The van der Waals surface area contributed by atoms with Crippen molar-refractivity contribution in [1.82, 2.24) is 4.90 Å². The number of nitrogens with zero attached hydrogens (tertiary/aromatic N) is 1. The number of nitrogens with one attached hydrogen (secondary N) is 2. The van der Waals surface area contributed by atoms with Crippen LogP contribution in [0.15, 0.2) is 48.5 Å². The first-order valence-electron chi connectivity index (χ1n) is 9.06. The fourth-order valence-corrected chi connectivity index (χ4v) is 2.80. The van der Waals surface area contributed by atoms with Crippen molar-refractivity contribution < 1.29 is 18.7 Å². The number of amides is 2. The summed E-state index contributed by atoms with van der Waals surface area (Å²) in [5, 5.41) is 5.39. The van der Waals surface area contributed by atoms with Crippen molar-refractivity contribution >= 4 is 17.4 Å². The van der Waals surface area contributed by atoms with Crippen LogP contribution in [0.4, 0.5) is 20.6 Å². The molecule has 2 N–H and O–H groups in total. The first-order valence-corrected chi connectivity index (χ1v) is 9.06. The van der Waals surface area contributed by atoms with Crippen LogP contribution in [0.25, 0.3) is 0 Å². The van der Waals surface area contributed by atoms with Crippen LogP contribution in [0.2, 0.25) is 0 Å². The lowest BCUT2D eigenvalue weighted by Gasteiger charge is -2.26. The Kier molecular flexibility index (Phi) is 7.01. The largest absolute Gasteiger partial charge is 0.490 e. The van der Waals surface area contributed by atoms with Crippen molar-refractivity contribution in [3.8, 4) is 5.75 Å². The molecule has 0 spiro atoms. The predicted molar refractivity (Wildman–Crippen MR) is 103 cm³/mol. The maximum Gasteiger partial charge on any atom is 0.323 e. The minimum Gasteiger partial charge on any atom is -0.490 e. The Labute approximate surface area is 158 Å². The van der Waals surface area contributed by atoms with E-state index in [4.69, 9.17) is 9.47 Å². The molecule has 144 valence electrons. The smallest absolute Gasteiger partial charge is 0.323 e. The monoisotopic (exact) mass is 373 g/mol. The second-order valence-corrected chi connectivity index (χ2v) is 6.25. The summed E-state index contributed by atoms with van der Waals surface area (Å²) in [4.78, 5) is 14.3. The summed E-state index contributed by atoms with van der Waals surface area (Å²) in [5.41, 5.74) is 1.14. The van der Waals surface area contributed by atoms with E-state index in [0.717, 1.165) is 39.3 Å². The number of urea groups is 1. The number of morpholine rings is 1. The van der Waals surface area contributed by atoms with Crippen molar-refractivity contribution in [1.29, 1.82) is 0 Å². The van der Waals surface area contributed by atoms with E-state index in [1.54, 1.807) is 12.1 Å². The highest BCUT2D eigenvalue weighted by molar-refractivity contribution is 5.99. The van der Waals surface area contributed by atoms with Gasteiger partial charge < -0.3 is 20.1 Å². The molecule has 7 heteroatoms. The lowest BCUT2D eigenvalue weighted by atomic mass is 10.3. The van der Waals surface area contributed by atoms with E-state index in [1.807, 2.05) is 18.2 Å². The minimum atomic E-state index is -0.449. The quantitative estimate of drug-likeness (QED) is 0.729. The Bertz CT molecular complexity index is 737. The van der Waals surface area contributed by atoms with Crippen molar-refractivity contribution in [2.45, 2.75) is 6.42 Å². The Morgan fingerprint density at radius 1 is 1.07 bits per heavy atom. The number of rotatable bonds is 7. The Balaban J connectivity index is 1.47. The summed E-state index contributed by atoms with van der Waals surface area (Å²) in [6, 6.07) is 13.0. The van der Waals surface area contributed by atoms with Gasteiger partial charge in [0.2, 0.25) is 0 Å². The predicted octanol–water partition coefficient (Wildman–Crippen LogP) is 3.57.